The molecule has 44 heavy (non-hydrogen) atoms. The summed E-state index contributed by atoms with van der Waals surface area (Å²) in [5.41, 5.74) is -9.18. The zero-order valence-corrected chi connectivity index (χ0v) is 24.6. The van der Waals surface area contributed by atoms with E-state index in [1.165, 1.54) is 18.9 Å². The molecule has 0 radical (unpaired) electrons. The fraction of sp³-hybridized carbons (Fsp3) is 0.552. The third-order valence-electron chi connectivity index (χ3n) is 9.01. The average molecular weight is 658 g/mol. The number of aryl methyl sites for hydroxylation is 1. The first-order valence-electron chi connectivity index (χ1n) is 13.7. The van der Waals surface area contributed by atoms with Crippen molar-refractivity contribution in [2.24, 2.45) is 5.92 Å². The molecule has 0 spiro atoms. The van der Waals surface area contributed by atoms with Crippen LogP contribution in [0.15, 0.2) is 47.4 Å². The molecule has 1 saturated carbocycles. The van der Waals surface area contributed by atoms with Gasteiger partial charge in [0.25, 0.3) is 5.91 Å². The van der Waals surface area contributed by atoms with Crippen molar-refractivity contribution >= 4 is 15.7 Å². The van der Waals surface area contributed by atoms with E-state index in [2.05, 4.69) is 0 Å². The number of hydrogen-bond acceptors (Lipinski definition) is 5. The number of aliphatic hydroxyl groups is 1. The van der Waals surface area contributed by atoms with Crippen LogP contribution in [0.1, 0.15) is 48.8 Å². The second-order valence-electron chi connectivity index (χ2n) is 11.4. The molecule has 1 amide bonds. The molecule has 2 aromatic rings. The highest BCUT2D eigenvalue weighted by atomic mass is 32.2. The van der Waals surface area contributed by atoms with Gasteiger partial charge in [0.1, 0.15) is 16.2 Å². The minimum absolute atomic E-state index is 0.0425. The van der Waals surface area contributed by atoms with Crippen molar-refractivity contribution < 1.29 is 58.2 Å². The monoisotopic (exact) mass is 657 g/mol. The van der Waals surface area contributed by atoms with Crippen LogP contribution in [0.2, 0.25) is 0 Å². The van der Waals surface area contributed by atoms with Crippen LogP contribution in [0, 0.1) is 18.7 Å². The SMILES string of the molecule is COC1(C(=O)N2CC[C@](c3ccc(C(F)(C(F)(F)F)C(F)(F)F)cc3)(S(=O)(=O)c3ccc(F)c(C)c3)C2)CCC(CO)CC1. The molecule has 15 heteroatoms. The Hall–Kier alpha value is -2.78. The number of carbonyl (C=O) groups excluding carboxylic acids is 1. The molecule has 2 aromatic carbocycles. The number of carbonyl (C=O) groups is 1. The number of likely N-dealkylation sites (tertiary alicyclic amines) is 1. The van der Waals surface area contributed by atoms with Gasteiger partial charge in [0.05, 0.1) is 4.90 Å². The van der Waals surface area contributed by atoms with Crippen LogP contribution in [0.25, 0.3) is 0 Å². The summed E-state index contributed by atoms with van der Waals surface area (Å²) in [4.78, 5) is 14.7. The Morgan fingerprint density at radius 1 is 0.977 bits per heavy atom. The lowest BCUT2D eigenvalue weighted by molar-refractivity contribution is -0.348. The lowest BCUT2D eigenvalue weighted by Crippen LogP contribution is -2.53. The summed E-state index contributed by atoms with van der Waals surface area (Å²) in [5.74, 6) is -1.33. The van der Waals surface area contributed by atoms with Crippen LogP contribution < -0.4 is 0 Å². The number of alkyl halides is 7. The molecule has 0 bridgehead atoms. The Bertz CT molecular complexity index is 1470. The quantitative estimate of drug-likeness (QED) is 0.297. The number of hydrogen-bond donors (Lipinski definition) is 1. The molecule has 6 nitrogen and oxygen atoms in total. The molecule has 2 fully saturated rings. The Morgan fingerprint density at radius 2 is 1.55 bits per heavy atom. The van der Waals surface area contributed by atoms with E-state index in [1.54, 1.807) is 0 Å². The number of ether oxygens (including phenoxy) is 1. The molecule has 2 aliphatic rings. The van der Waals surface area contributed by atoms with Crippen molar-refractivity contribution in [1.29, 1.82) is 0 Å². The molecule has 1 aliphatic carbocycles. The minimum atomic E-state index is -6.37. The van der Waals surface area contributed by atoms with E-state index in [9.17, 15) is 53.4 Å². The van der Waals surface area contributed by atoms with E-state index < -0.39 is 62.0 Å². The minimum Gasteiger partial charge on any atom is -0.396 e. The zero-order valence-electron chi connectivity index (χ0n) is 23.7. The summed E-state index contributed by atoms with van der Waals surface area (Å²) in [5, 5.41) is 9.50. The van der Waals surface area contributed by atoms with Gasteiger partial charge in [0.15, 0.2) is 9.84 Å². The van der Waals surface area contributed by atoms with E-state index in [4.69, 9.17) is 4.74 Å². The summed E-state index contributed by atoms with van der Waals surface area (Å²) in [6.07, 6.45) is -11.7. The van der Waals surface area contributed by atoms with Gasteiger partial charge in [-0.2, -0.15) is 26.3 Å². The van der Waals surface area contributed by atoms with Gasteiger partial charge >= 0.3 is 18.0 Å². The predicted octanol–water partition coefficient (Wildman–Crippen LogP) is 5.89. The molecular formula is C29H31F8NO5S. The van der Waals surface area contributed by atoms with Crippen LogP contribution in [-0.4, -0.2) is 69.1 Å². The fourth-order valence-electron chi connectivity index (χ4n) is 6.19. The molecule has 1 atom stereocenters. The Morgan fingerprint density at radius 3 is 2.02 bits per heavy atom. The van der Waals surface area contributed by atoms with Crippen LogP contribution >= 0.6 is 0 Å². The van der Waals surface area contributed by atoms with Crippen LogP contribution in [0.3, 0.4) is 0 Å². The highest BCUT2D eigenvalue weighted by Crippen LogP contribution is 2.54. The number of rotatable bonds is 7. The highest BCUT2D eigenvalue weighted by molar-refractivity contribution is 7.92. The summed E-state index contributed by atoms with van der Waals surface area (Å²) in [6.45, 7) is 0.486. The van der Waals surface area contributed by atoms with E-state index in [-0.39, 0.29) is 66.5 Å². The third-order valence-corrected chi connectivity index (χ3v) is 11.5. The van der Waals surface area contributed by atoms with Gasteiger partial charge in [-0.15, -0.1) is 0 Å². The molecule has 244 valence electrons. The second kappa shape index (κ2) is 11.5. The lowest BCUT2D eigenvalue weighted by Gasteiger charge is -2.40. The normalized spacial score (nSPS) is 25.3. The van der Waals surface area contributed by atoms with Crippen LogP contribution in [0.4, 0.5) is 35.1 Å². The average Bonchev–Trinajstić information content (AvgIpc) is 3.44. The first-order chi connectivity index (χ1) is 20.3. The van der Waals surface area contributed by atoms with Crippen molar-refractivity contribution in [3.63, 3.8) is 0 Å². The number of aliphatic hydroxyl groups excluding tert-OH is 1. The molecule has 0 aromatic heterocycles. The maximum atomic E-state index is 14.7. The van der Waals surface area contributed by atoms with Gasteiger partial charge in [0.2, 0.25) is 0 Å². The largest absolute Gasteiger partial charge is 0.435 e. The van der Waals surface area contributed by atoms with Crippen LogP contribution in [-0.2, 0) is 29.8 Å². The number of sulfone groups is 1. The van der Waals surface area contributed by atoms with E-state index in [1.807, 2.05) is 0 Å². The first-order valence-corrected chi connectivity index (χ1v) is 15.2. The highest BCUT2D eigenvalue weighted by Gasteiger charge is 2.73. The number of amides is 1. The van der Waals surface area contributed by atoms with Gasteiger partial charge < -0.3 is 14.7 Å². The Balaban J connectivity index is 1.82. The Kier molecular flexibility index (Phi) is 8.94. The smallest absolute Gasteiger partial charge is 0.396 e. The van der Waals surface area contributed by atoms with Crippen molar-refractivity contribution in [3.05, 3.63) is 65.0 Å². The number of benzene rings is 2. The van der Waals surface area contributed by atoms with E-state index in [0.717, 1.165) is 18.2 Å². The van der Waals surface area contributed by atoms with Gasteiger partial charge in [-0.1, -0.05) is 24.3 Å². The maximum absolute atomic E-state index is 14.7. The molecule has 1 N–H and O–H groups in total. The number of halogens is 8. The van der Waals surface area contributed by atoms with Crippen molar-refractivity contribution in [2.75, 3.05) is 26.8 Å². The van der Waals surface area contributed by atoms with Crippen LogP contribution in [0.5, 0.6) is 0 Å². The fourth-order valence-corrected chi connectivity index (χ4v) is 8.35. The first kappa shape index (κ1) is 34.1. The lowest BCUT2D eigenvalue weighted by atomic mass is 9.78. The van der Waals surface area contributed by atoms with Crippen molar-refractivity contribution in [1.82, 2.24) is 4.90 Å². The number of methoxy groups -OCH3 is 1. The predicted molar refractivity (Wildman–Crippen MR) is 141 cm³/mol. The molecule has 1 saturated heterocycles. The molecular weight excluding hydrogens is 626 g/mol. The van der Waals surface area contributed by atoms with Gasteiger partial charge in [-0.05, 0) is 74.3 Å². The summed E-state index contributed by atoms with van der Waals surface area (Å²) >= 11 is 0. The van der Waals surface area contributed by atoms with Crippen molar-refractivity contribution in [2.45, 2.75) is 72.3 Å². The molecule has 0 unspecified atom stereocenters. The van der Waals surface area contributed by atoms with Gasteiger partial charge in [0, 0.05) is 32.4 Å². The Labute approximate surface area is 248 Å². The zero-order chi connectivity index (χ0) is 32.9. The molecule has 1 aliphatic heterocycles. The van der Waals surface area contributed by atoms with Gasteiger partial charge in [-0.25, -0.2) is 17.2 Å². The second-order valence-corrected chi connectivity index (χ2v) is 13.7. The standard InChI is InChI=1S/C29H31F8NO5S/c1-18-15-22(7-8-23(18)30)44(41,42)26(20-3-5-21(6-4-20)27(31,28(32,33)34)29(35,36)37)13-14-38(17-26)24(40)25(43-2)11-9-19(16-39)10-12-25/h3-8,15,19,39H,9-14,16-17H2,1-2H3/t19?,25?,26-/m0/s1. The third kappa shape index (κ3) is 5.38. The maximum Gasteiger partial charge on any atom is 0.435 e. The van der Waals surface area contributed by atoms with Gasteiger partial charge in [-0.3, -0.25) is 4.79 Å². The summed E-state index contributed by atoms with van der Waals surface area (Å²) in [6, 6.07) is 4.76. The van der Waals surface area contributed by atoms with E-state index >= 15 is 0 Å². The summed E-state index contributed by atoms with van der Waals surface area (Å²) in [7, 11) is -3.29. The number of nitrogens with zero attached hydrogens (tertiary/aromatic N) is 1. The molecule has 4 rings (SSSR count). The topological polar surface area (TPSA) is 83.9 Å². The summed E-state index contributed by atoms with van der Waals surface area (Å²) < 4.78 is 141. The van der Waals surface area contributed by atoms with E-state index in [0.29, 0.717) is 25.0 Å². The molecule has 1 heterocycles. The van der Waals surface area contributed by atoms with Crippen molar-refractivity contribution in [3.8, 4) is 0 Å².